The number of anilines is 1. The van der Waals surface area contributed by atoms with Gasteiger partial charge in [-0.25, -0.2) is 8.42 Å². The first kappa shape index (κ1) is 15.9. The third-order valence-corrected chi connectivity index (χ3v) is 4.95. The average molecular weight is 328 g/mol. The van der Waals surface area contributed by atoms with Gasteiger partial charge in [-0.05, 0) is 29.7 Å². The van der Waals surface area contributed by atoms with Gasteiger partial charge in [0.2, 0.25) is 10.0 Å². The Morgan fingerprint density at radius 3 is 2.86 bits per heavy atom. The molecule has 2 aromatic rings. The molecule has 0 saturated carbocycles. The lowest BCUT2D eigenvalue weighted by Crippen LogP contribution is -2.22. The summed E-state index contributed by atoms with van der Waals surface area (Å²) in [7, 11) is -3.38. The third-order valence-electron chi connectivity index (χ3n) is 2.87. The molecule has 21 heavy (non-hydrogen) atoms. The van der Waals surface area contributed by atoms with Gasteiger partial charge in [0.05, 0.1) is 12.3 Å². The van der Waals surface area contributed by atoms with Crippen molar-refractivity contribution < 1.29 is 8.42 Å². The second-order valence-electron chi connectivity index (χ2n) is 5.05. The van der Waals surface area contributed by atoms with E-state index < -0.39 is 10.0 Å². The Bertz CT molecular complexity index is 671. The SMILES string of the molecule is CC(CCl)CS(=O)(=O)Nc1cccc(Cn2cccn2)c1. The zero-order chi connectivity index (χ0) is 15.3. The molecule has 7 heteroatoms. The van der Waals surface area contributed by atoms with Gasteiger partial charge in [0.25, 0.3) is 0 Å². The van der Waals surface area contributed by atoms with Crippen LogP contribution in [0.2, 0.25) is 0 Å². The number of sulfonamides is 1. The molecule has 5 nitrogen and oxygen atoms in total. The molecule has 0 aliphatic heterocycles. The van der Waals surface area contributed by atoms with E-state index in [1.807, 2.05) is 30.5 Å². The number of rotatable bonds is 7. The van der Waals surface area contributed by atoms with Gasteiger partial charge >= 0.3 is 0 Å². The zero-order valence-corrected chi connectivity index (χ0v) is 13.3. The van der Waals surface area contributed by atoms with Gasteiger partial charge < -0.3 is 0 Å². The summed E-state index contributed by atoms with van der Waals surface area (Å²) in [5.74, 6) is 0.247. The van der Waals surface area contributed by atoms with Crippen molar-refractivity contribution in [3.8, 4) is 0 Å². The summed E-state index contributed by atoms with van der Waals surface area (Å²) in [6, 6.07) is 9.14. The predicted molar refractivity (Wildman–Crippen MR) is 85.1 cm³/mol. The Balaban J connectivity index is 2.07. The summed E-state index contributed by atoms with van der Waals surface area (Å²) in [5.41, 5.74) is 1.53. The molecular weight excluding hydrogens is 310 g/mol. The van der Waals surface area contributed by atoms with Crippen LogP contribution in [0.25, 0.3) is 0 Å². The molecule has 0 spiro atoms. The average Bonchev–Trinajstić information content (AvgIpc) is 2.90. The van der Waals surface area contributed by atoms with Gasteiger partial charge in [0.1, 0.15) is 0 Å². The van der Waals surface area contributed by atoms with Crippen molar-refractivity contribution in [1.82, 2.24) is 9.78 Å². The molecule has 0 amide bonds. The van der Waals surface area contributed by atoms with Crippen LogP contribution in [-0.2, 0) is 16.6 Å². The predicted octanol–water partition coefficient (Wildman–Crippen LogP) is 2.55. The number of aromatic nitrogens is 2. The highest BCUT2D eigenvalue weighted by Crippen LogP contribution is 2.15. The summed E-state index contributed by atoms with van der Waals surface area (Å²) in [6.45, 7) is 2.40. The second kappa shape index (κ2) is 6.95. The molecule has 114 valence electrons. The molecule has 0 bridgehead atoms. The van der Waals surface area contributed by atoms with Crippen LogP contribution >= 0.6 is 11.6 Å². The van der Waals surface area contributed by atoms with Crippen molar-refractivity contribution >= 4 is 27.3 Å². The van der Waals surface area contributed by atoms with Crippen LogP contribution in [0, 0.1) is 5.92 Å². The van der Waals surface area contributed by atoms with E-state index in [0.29, 0.717) is 18.1 Å². The Morgan fingerprint density at radius 1 is 1.38 bits per heavy atom. The van der Waals surface area contributed by atoms with Gasteiger partial charge in [-0.2, -0.15) is 5.10 Å². The minimum absolute atomic E-state index is 0.0138. The van der Waals surface area contributed by atoms with Crippen molar-refractivity contribution in [3.63, 3.8) is 0 Å². The van der Waals surface area contributed by atoms with Crippen molar-refractivity contribution in [2.24, 2.45) is 5.92 Å². The fourth-order valence-corrected chi connectivity index (χ4v) is 3.63. The molecule has 1 atom stereocenters. The van der Waals surface area contributed by atoms with E-state index in [1.54, 1.807) is 23.9 Å². The minimum Gasteiger partial charge on any atom is -0.284 e. The molecule has 1 N–H and O–H groups in total. The van der Waals surface area contributed by atoms with Crippen LogP contribution in [-0.4, -0.2) is 29.8 Å². The molecule has 1 heterocycles. The number of nitrogens with zero attached hydrogens (tertiary/aromatic N) is 2. The molecule has 1 unspecified atom stereocenters. The Hall–Kier alpha value is -1.53. The molecule has 0 aliphatic carbocycles. The van der Waals surface area contributed by atoms with Crippen LogP contribution in [0.4, 0.5) is 5.69 Å². The Kier molecular flexibility index (Phi) is 5.25. The maximum absolute atomic E-state index is 12.0. The molecule has 1 aromatic heterocycles. The third kappa shape index (κ3) is 5.06. The highest BCUT2D eigenvalue weighted by molar-refractivity contribution is 7.92. The maximum Gasteiger partial charge on any atom is 0.233 e. The first-order valence-electron chi connectivity index (χ1n) is 6.61. The maximum atomic E-state index is 12.0. The van der Waals surface area contributed by atoms with E-state index in [-0.39, 0.29) is 11.7 Å². The quantitative estimate of drug-likeness (QED) is 0.795. The highest BCUT2D eigenvalue weighted by Gasteiger charge is 2.15. The van der Waals surface area contributed by atoms with Gasteiger partial charge in [0.15, 0.2) is 0 Å². The molecule has 0 radical (unpaired) electrons. The van der Waals surface area contributed by atoms with E-state index >= 15 is 0 Å². The molecular formula is C14H18ClN3O2S. The summed E-state index contributed by atoms with van der Waals surface area (Å²) in [4.78, 5) is 0. The number of hydrogen-bond acceptors (Lipinski definition) is 3. The molecule has 2 rings (SSSR count). The van der Waals surface area contributed by atoms with Gasteiger partial charge in [-0.15, -0.1) is 11.6 Å². The molecule has 0 aliphatic rings. The van der Waals surface area contributed by atoms with Crippen LogP contribution in [0.15, 0.2) is 42.7 Å². The standard InChI is InChI=1S/C14H18ClN3O2S/c1-12(9-15)11-21(19,20)17-14-5-2-4-13(8-14)10-18-7-3-6-16-18/h2-8,12,17H,9-11H2,1H3. The van der Waals surface area contributed by atoms with Crippen LogP contribution in [0.1, 0.15) is 12.5 Å². The normalized spacial score (nSPS) is 13.0. The van der Waals surface area contributed by atoms with E-state index in [1.165, 1.54) is 0 Å². The lowest BCUT2D eigenvalue weighted by molar-refractivity contribution is 0.588. The number of alkyl halides is 1. The van der Waals surface area contributed by atoms with Crippen LogP contribution in [0.5, 0.6) is 0 Å². The lowest BCUT2D eigenvalue weighted by atomic mass is 10.2. The fourth-order valence-electron chi connectivity index (χ4n) is 1.95. The zero-order valence-electron chi connectivity index (χ0n) is 11.7. The summed E-state index contributed by atoms with van der Waals surface area (Å²) >= 11 is 5.66. The molecule has 0 saturated heterocycles. The lowest BCUT2D eigenvalue weighted by Gasteiger charge is -2.12. The number of benzene rings is 1. The first-order chi connectivity index (χ1) is 9.98. The van der Waals surface area contributed by atoms with E-state index in [4.69, 9.17) is 11.6 Å². The Morgan fingerprint density at radius 2 is 2.19 bits per heavy atom. The summed E-state index contributed by atoms with van der Waals surface area (Å²) < 4.78 is 28.4. The first-order valence-corrected chi connectivity index (χ1v) is 8.80. The van der Waals surface area contributed by atoms with Gasteiger partial charge in [0, 0.05) is 24.0 Å². The summed E-state index contributed by atoms with van der Waals surface area (Å²) in [5, 5.41) is 4.13. The van der Waals surface area contributed by atoms with Crippen molar-refractivity contribution in [1.29, 1.82) is 0 Å². The van der Waals surface area contributed by atoms with E-state index in [0.717, 1.165) is 5.56 Å². The summed E-state index contributed by atoms with van der Waals surface area (Å²) in [6.07, 6.45) is 3.57. The van der Waals surface area contributed by atoms with E-state index in [9.17, 15) is 8.42 Å². The van der Waals surface area contributed by atoms with Crippen LogP contribution < -0.4 is 4.72 Å². The smallest absolute Gasteiger partial charge is 0.233 e. The van der Waals surface area contributed by atoms with Crippen molar-refractivity contribution in [2.75, 3.05) is 16.4 Å². The number of halogens is 1. The minimum atomic E-state index is -3.38. The van der Waals surface area contributed by atoms with Gasteiger partial charge in [-0.1, -0.05) is 19.1 Å². The molecule has 1 aromatic carbocycles. The highest BCUT2D eigenvalue weighted by atomic mass is 35.5. The second-order valence-corrected chi connectivity index (χ2v) is 7.12. The van der Waals surface area contributed by atoms with Crippen LogP contribution in [0.3, 0.4) is 0 Å². The van der Waals surface area contributed by atoms with Crippen molar-refractivity contribution in [3.05, 3.63) is 48.3 Å². The number of nitrogens with one attached hydrogen (secondary N) is 1. The largest absolute Gasteiger partial charge is 0.284 e. The molecule has 0 fully saturated rings. The van der Waals surface area contributed by atoms with E-state index in [2.05, 4.69) is 9.82 Å². The van der Waals surface area contributed by atoms with Gasteiger partial charge in [-0.3, -0.25) is 9.40 Å². The number of hydrogen-bond donors (Lipinski definition) is 1. The topological polar surface area (TPSA) is 64.0 Å². The fraction of sp³-hybridized carbons (Fsp3) is 0.357. The monoisotopic (exact) mass is 327 g/mol. The Labute approximate surface area is 130 Å². The van der Waals surface area contributed by atoms with Crippen molar-refractivity contribution in [2.45, 2.75) is 13.5 Å².